The first-order chi connectivity index (χ1) is 15.1. The Labute approximate surface area is 192 Å². The van der Waals surface area contributed by atoms with Crippen LogP contribution >= 0.6 is 11.6 Å². The molecule has 0 aliphatic carbocycles. The highest BCUT2D eigenvalue weighted by Crippen LogP contribution is 2.29. The van der Waals surface area contributed by atoms with Gasteiger partial charge in [-0.25, -0.2) is 8.42 Å². The number of sulfonamides is 1. The van der Waals surface area contributed by atoms with Crippen LogP contribution in [0.25, 0.3) is 0 Å². The zero-order valence-electron chi connectivity index (χ0n) is 17.8. The number of hydrogen-bond donors (Lipinski definition) is 3. The van der Waals surface area contributed by atoms with Gasteiger partial charge in [-0.05, 0) is 49.1 Å². The van der Waals surface area contributed by atoms with Gasteiger partial charge in [0.25, 0.3) is 5.91 Å². The molecule has 1 saturated heterocycles. The lowest BCUT2D eigenvalue weighted by atomic mass is 10.0. The average Bonchev–Trinajstić information content (AvgIpc) is 3.29. The Morgan fingerprint density at radius 1 is 1.09 bits per heavy atom. The van der Waals surface area contributed by atoms with Crippen molar-refractivity contribution in [3.05, 3.63) is 53.1 Å². The predicted molar refractivity (Wildman–Crippen MR) is 122 cm³/mol. The normalized spacial score (nSPS) is 15.5. The molecule has 0 aromatic heterocycles. The molecule has 1 heterocycles. The highest BCUT2D eigenvalue weighted by Gasteiger charge is 2.29. The molecule has 0 radical (unpaired) electrons. The van der Waals surface area contributed by atoms with Gasteiger partial charge in [0.1, 0.15) is 11.8 Å². The summed E-state index contributed by atoms with van der Waals surface area (Å²) in [5.41, 5.74) is 0.182. The lowest BCUT2D eigenvalue weighted by molar-refractivity contribution is -0.118. The molecular weight excluding hydrogens is 454 g/mol. The van der Waals surface area contributed by atoms with Gasteiger partial charge in [0.05, 0.1) is 21.2 Å². The molecule has 172 valence electrons. The third-order valence-electron chi connectivity index (χ3n) is 5.28. The molecule has 3 N–H and O–H groups in total. The SMILES string of the molecule is CC(C)[C@H](NC(=O)c1ccccc1Cl)C(=O)Nc1cc(S(=O)(=O)N2CCCC2)ccc1O. The molecule has 10 heteroatoms. The van der Waals surface area contributed by atoms with Crippen molar-refractivity contribution in [1.82, 2.24) is 9.62 Å². The van der Waals surface area contributed by atoms with Gasteiger partial charge < -0.3 is 15.7 Å². The van der Waals surface area contributed by atoms with Crippen molar-refractivity contribution in [3.63, 3.8) is 0 Å². The van der Waals surface area contributed by atoms with Crippen LogP contribution in [0.4, 0.5) is 5.69 Å². The van der Waals surface area contributed by atoms with E-state index in [9.17, 15) is 23.1 Å². The number of halogens is 1. The maximum Gasteiger partial charge on any atom is 0.253 e. The second-order valence-corrected chi connectivity index (χ2v) is 10.3. The van der Waals surface area contributed by atoms with Gasteiger partial charge >= 0.3 is 0 Å². The molecule has 1 atom stereocenters. The first-order valence-electron chi connectivity index (χ1n) is 10.3. The highest BCUT2D eigenvalue weighted by atomic mass is 35.5. The van der Waals surface area contributed by atoms with Gasteiger partial charge in [0.15, 0.2) is 0 Å². The number of carbonyl (C=O) groups is 2. The van der Waals surface area contributed by atoms with Crippen LogP contribution in [0.2, 0.25) is 5.02 Å². The van der Waals surface area contributed by atoms with Crippen molar-refractivity contribution < 1.29 is 23.1 Å². The minimum atomic E-state index is -3.72. The highest BCUT2D eigenvalue weighted by molar-refractivity contribution is 7.89. The largest absolute Gasteiger partial charge is 0.506 e. The lowest BCUT2D eigenvalue weighted by Crippen LogP contribution is -2.47. The first kappa shape index (κ1) is 24.0. The summed E-state index contributed by atoms with van der Waals surface area (Å²) in [5.74, 6) is -1.68. The van der Waals surface area contributed by atoms with E-state index in [-0.39, 0.29) is 32.8 Å². The van der Waals surface area contributed by atoms with Crippen LogP contribution in [0, 0.1) is 5.92 Å². The second kappa shape index (κ2) is 9.89. The number of aromatic hydroxyl groups is 1. The van der Waals surface area contributed by atoms with E-state index in [1.54, 1.807) is 38.1 Å². The summed E-state index contributed by atoms with van der Waals surface area (Å²) in [7, 11) is -3.72. The number of anilines is 1. The Balaban J connectivity index is 1.81. The fourth-order valence-corrected chi connectivity index (χ4v) is 5.23. The number of benzene rings is 2. The van der Waals surface area contributed by atoms with Crippen LogP contribution in [0.1, 0.15) is 37.0 Å². The van der Waals surface area contributed by atoms with Crippen molar-refractivity contribution in [1.29, 1.82) is 0 Å². The van der Waals surface area contributed by atoms with Crippen molar-refractivity contribution in [2.24, 2.45) is 5.92 Å². The van der Waals surface area contributed by atoms with Gasteiger partial charge in [0, 0.05) is 13.1 Å². The molecule has 2 aromatic carbocycles. The molecule has 8 nitrogen and oxygen atoms in total. The minimum absolute atomic E-state index is 0.0197. The second-order valence-electron chi connectivity index (χ2n) is 7.95. The van der Waals surface area contributed by atoms with Crippen LogP contribution < -0.4 is 10.6 Å². The number of hydrogen-bond acceptors (Lipinski definition) is 5. The zero-order valence-corrected chi connectivity index (χ0v) is 19.4. The molecule has 3 rings (SSSR count). The fraction of sp³-hybridized carbons (Fsp3) is 0.364. The van der Waals surface area contributed by atoms with Gasteiger partial charge in [-0.2, -0.15) is 4.31 Å². The smallest absolute Gasteiger partial charge is 0.253 e. The summed E-state index contributed by atoms with van der Waals surface area (Å²) in [6.45, 7) is 4.39. The molecule has 32 heavy (non-hydrogen) atoms. The van der Waals surface area contributed by atoms with Crippen LogP contribution in [0.15, 0.2) is 47.4 Å². The molecule has 2 amide bonds. The minimum Gasteiger partial charge on any atom is -0.506 e. The Morgan fingerprint density at radius 3 is 2.38 bits per heavy atom. The summed E-state index contributed by atoms with van der Waals surface area (Å²) in [6, 6.07) is 9.29. The topological polar surface area (TPSA) is 116 Å². The van der Waals surface area contributed by atoms with Gasteiger partial charge in [-0.3, -0.25) is 9.59 Å². The predicted octanol–water partition coefficient (Wildman–Crippen LogP) is 3.22. The van der Waals surface area contributed by atoms with E-state index < -0.39 is 27.9 Å². The van der Waals surface area contributed by atoms with E-state index in [1.807, 2.05) is 0 Å². The van der Waals surface area contributed by atoms with E-state index in [0.29, 0.717) is 13.1 Å². The van der Waals surface area contributed by atoms with Crippen molar-refractivity contribution in [3.8, 4) is 5.75 Å². The number of phenols is 1. The standard InChI is InChI=1S/C22H26ClN3O5S/c1-14(2)20(25-21(28)16-7-3-4-8-17(16)23)22(29)24-18-13-15(9-10-19(18)27)32(30,31)26-11-5-6-12-26/h3-4,7-10,13-14,20,27H,5-6,11-12H2,1-2H3,(H,24,29)(H,25,28)/t20-/m0/s1. The van der Waals surface area contributed by atoms with Crippen molar-refractivity contribution in [2.45, 2.75) is 37.6 Å². The van der Waals surface area contributed by atoms with Gasteiger partial charge in [-0.15, -0.1) is 0 Å². The van der Waals surface area contributed by atoms with Crippen LogP contribution in [0.3, 0.4) is 0 Å². The maximum atomic E-state index is 12.9. The van der Waals surface area contributed by atoms with Crippen LogP contribution in [-0.4, -0.2) is 48.8 Å². The number of amides is 2. The van der Waals surface area contributed by atoms with E-state index in [2.05, 4.69) is 10.6 Å². The quantitative estimate of drug-likeness (QED) is 0.527. The van der Waals surface area contributed by atoms with Crippen LogP contribution in [-0.2, 0) is 14.8 Å². The van der Waals surface area contributed by atoms with E-state index >= 15 is 0 Å². The number of nitrogens with zero attached hydrogens (tertiary/aromatic N) is 1. The molecule has 0 bridgehead atoms. The first-order valence-corrected chi connectivity index (χ1v) is 12.1. The fourth-order valence-electron chi connectivity index (χ4n) is 3.46. The summed E-state index contributed by atoms with van der Waals surface area (Å²) in [5, 5.41) is 15.7. The molecule has 2 aromatic rings. The third kappa shape index (κ3) is 5.23. The Morgan fingerprint density at radius 2 is 1.75 bits per heavy atom. The summed E-state index contributed by atoms with van der Waals surface area (Å²) in [4.78, 5) is 25.6. The van der Waals surface area contributed by atoms with Crippen molar-refractivity contribution >= 4 is 39.1 Å². The number of phenolic OH excluding ortho intramolecular Hbond substituents is 1. The number of rotatable bonds is 7. The summed E-state index contributed by atoms with van der Waals surface area (Å²) >= 11 is 6.07. The molecule has 1 aliphatic heterocycles. The average molecular weight is 480 g/mol. The number of carbonyl (C=O) groups excluding carboxylic acids is 2. The third-order valence-corrected chi connectivity index (χ3v) is 7.51. The van der Waals surface area contributed by atoms with E-state index in [0.717, 1.165) is 12.8 Å². The number of nitrogens with one attached hydrogen (secondary N) is 2. The molecule has 0 saturated carbocycles. The summed E-state index contributed by atoms with van der Waals surface area (Å²) < 4.78 is 27.0. The van der Waals surface area contributed by atoms with E-state index in [4.69, 9.17) is 11.6 Å². The molecule has 1 aliphatic rings. The van der Waals surface area contributed by atoms with E-state index in [1.165, 1.54) is 22.5 Å². The maximum absolute atomic E-state index is 12.9. The molecule has 0 spiro atoms. The molecule has 1 fully saturated rings. The zero-order chi connectivity index (χ0) is 23.5. The lowest BCUT2D eigenvalue weighted by Gasteiger charge is -2.22. The van der Waals surface area contributed by atoms with Gasteiger partial charge in [0.2, 0.25) is 15.9 Å². The van der Waals surface area contributed by atoms with Crippen LogP contribution in [0.5, 0.6) is 5.75 Å². The monoisotopic (exact) mass is 479 g/mol. The van der Waals surface area contributed by atoms with Gasteiger partial charge in [-0.1, -0.05) is 37.6 Å². The van der Waals surface area contributed by atoms with Crippen molar-refractivity contribution in [2.75, 3.05) is 18.4 Å². The Kier molecular flexibility index (Phi) is 7.43. The Bertz CT molecular complexity index is 1110. The summed E-state index contributed by atoms with van der Waals surface area (Å²) in [6.07, 6.45) is 1.59. The Hall–Kier alpha value is -2.62. The molecule has 0 unspecified atom stereocenters. The molecular formula is C22H26ClN3O5S.